The fourth-order valence-electron chi connectivity index (χ4n) is 2.29. The number of thiocarbonyl (C=S) groups is 1. The minimum Gasteiger partial charge on any atom is -0.370 e. The lowest BCUT2D eigenvalue weighted by atomic mass is 10.2. The van der Waals surface area contributed by atoms with E-state index >= 15 is 0 Å². The highest BCUT2D eigenvalue weighted by Gasteiger charge is 2.06. The van der Waals surface area contributed by atoms with E-state index in [1.165, 1.54) is 17.3 Å². The molecule has 0 aliphatic heterocycles. The minimum atomic E-state index is -0.344. The Morgan fingerprint density at radius 1 is 1.21 bits per heavy atom. The second kappa shape index (κ2) is 8.99. The van der Waals surface area contributed by atoms with Gasteiger partial charge in [-0.3, -0.25) is 0 Å². The van der Waals surface area contributed by atoms with Crippen molar-refractivity contribution < 1.29 is 4.39 Å². The van der Waals surface area contributed by atoms with Crippen molar-refractivity contribution in [2.45, 2.75) is 13.8 Å². The van der Waals surface area contributed by atoms with Crippen LogP contribution >= 0.6 is 28.1 Å². The highest BCUT2D eigenvalue weighted by molar-refractivity contribution is 9.10. The second-order valence-electron chi connectivity index (χ2n) is 5.42. The van der Waals surface area contributed by atoms with Crippen LogP contribution in [0.4, 0.5) is 15.8 Å². The minimum absolute atomic E-state index is 0.344. The van der Waals surface area contributed by atoms with Crippen molar-refractivity contribution in [1.29, 1.82) is 0 Å². The summed E-state index contributed by atoms with van der Waals surface area (Å²) in [6.07, 6.45) is 0. The number of likely N-dealkylation sites (N-methyl/N-ethyl adjacent to an activating group) is 1. The molecule has 128 valence electrons. The summed E-state index contributed by atoms with van der Waals surface area (Å²) in [6, 6.07) is 13.3. The third-order valence-electron chi connectivity index (χ3n) is 3.63. The molecule has 6 heteroatoms. The van der Waals surface area contributed by atoms with Crippen molar-refractivity contribution >= 4 is 44.6 Å². The number of halogens is 2. The number of rotatable bonds is 6. The molecule has 0 unspecified atom stereocenters. The van der Waals surface area contributed by atoms with Gasteiger partial charge in [-0.25, -0.2) is 4.39 Å². The second-order valence-corrected chi connectivity index (χ2v) is 6.74. The predicted octanol–water partition coefficient (Wildman–Crippen LogP) is 4.71. The van der Waals surface area contributed by atoms with Gasteiger partial charge in [-0.1, -0.05) is 33.6 Å². The van der Waals surface area contributed by atoms with Crippen LogP contribution in [0, 0.1) is 12.7 Å². The van der Waals surface area contributed by atoms with Crippen molar-refractivity contribution in [2.75, 3.05) is 29.9 Å². The number of benzene rings is 2. The van der Waals surface area contributed by atoms with Gasteiger partial charge in [-0.05, 0) is 56.4 Å². The van der Waals surface area contributed by atoms with E-state index in [4.69, 9.17) is 12.2 Å². The van der Waals surface area contributed by atoms with Crippen LogP contribution in [0.3, 0.4) is 0 Å². The van der Waals surface area contributed by atoms with E-state index in [1.807, 2.05) is 0 Å². The first-order chi connectivity index (χ1) is 11.5. The smallest absolute Gasteiger partial charge is 0.170 e. The number of hydrogen-bond acceptors (Lipinski definition) is 2. The number of nitrogens with zero attached hydrogens (tertiary/aromatic N) is 1. The van der Waals surface area contributed by atoms with E-state index in [9.17, 15) is 4.39 Å². The predicted molar refractivity (Wildman–Crippen MR) is 107 cm³/mol. The molecule has 0 aliphatic carbocycles. The molecule has 0 aromatic heterocycles. The molecule has 0 heterocycles. The van der Waals surface area contributed by atoms with Gasteiger partial charge in [0.1, 0.15) is 5.82 Å². The third-order valence-corrected chi connectivity index (χ3v) is 4.37. The van der Waals surface area contributed by atoms with E-state index in [-0.39, 0.29) is 5.82 Å². The molecule has 2 aromatic rings. The zero-order valence-electron chi connectivity index (χ0n) is 13.8. The summed E-state index contributed by atoms with van der Waals surface area (Å²) in [4.78, 5) is 2.26. The molecule has 0 saturated heterocycles. The fourth-order valence-corrected chi connectivity index (χ4v) is 2.83. The molecule has 0 radical (unpaired) electrons. The van der Waals surface area contributed by atoms with Crippen LogP contribution in [-0.4, -0.2) is 24.7 Å². The highest BCUT2D eigenvalue weighted by atomic mass is 79.9. The Labute approximate surface area is 156 Å². The van der Waals surface area contributed by atoms with Crippen LogP contribution < -0.4 is 15.5 Å². The molecule has 0 amide bonds. The molecule has 0 bridgehead atoms. The van der Waals surface area contributed by atoms with Crippen molar-refractivity contribution in [3.63, 3.8) is 0 Å². The first-order valence-electron chi connectivity index (χ1n) is 7.81. The number of anilines is 2. The lowest BCUT2D eigenvalue weighted by molar-refractivity contribution is 0.631. The molecule has 0 fully saturated rings. The zero-order valence-corrected chi connectivity index (χ0v) is 16.2. The van der Waals surface area contributed by atoms with Crippen LogP contribution in [-0.2, 0) is 0 Å². The van der Waals surface area contributed by atoms with E-state index in [2.05, 4.69) is 69.6 Å². The van der Waals surface area contributed by atoms with Crippen LogP contribution in [0.25, 0.3) is 0 Å². The van der Waals surface area contributed by atoms with Gasteiger partial charge in [0.15, 0.2) is 5.11 Å². The van der Waals surface area contributed by atoms with Crippen molar-refractivity contribution in [3.8, 4) is 0 Å². The Balaban J connectivity index is 1.83. The maximum atomic E-state index is 13.8. The average Bonchev–Trinajstić information content (AvgIpc) is 2.55. The molecule has 0 saturated carbocycles. The van der Waals surface area contributed by atoms with Gasteiger partial charge in [0, 0.05) is 29.8 Å². The topological polar surface area (TPSA) is 27.3 Å². The van der Waals surface area contributed by atoms with Gasteiger partial charge >= 0.3 is 0 Å². The van der Waals surface area contributed by atoms with Gasteiger partial charge in [-0.2, -0.15) is 0 Å². The van der Waals surface area contributed by atoms with E-state index < -0.39 is 0 Å². The van der Waals surface area contributed by atoms with Gasteiger partial charge in [-0.15, -0.1) is 0 Å². The average molecular weight is 410 g/mol. The SMILES string of the molecule is CCN(CCNC(=S)Nc1ccc(Br)cc1F)c1ccc(C)cc1. The Bertz CT molecular complexity index is 691. The maximum Gasteiger partial charge on any atom is 0.170 e. The molecular formula is C18H21BrFN3S. The molecule has 2 N–H and O–H groups in total. The summed E-state index contributed by atoms with van der Waals surface area (Å²) in [5.41, 5.74) is 2.79. The van der Waals surface area contributed by atoms with Crippen molar-refractivity contribution in [2.24, 2.45) is 0 Å². The largest absolute Gasteiger partial charge is 0.370 e. The summed E-state index contributed by atoms with van der Waals surface area (Å²) < 4.78 is 14.5. The van der Waals surface area contributed by atoms with Crippen molar-refractivity contribution in [3.05, 3.63) is 58.3 Å². The molecule has 2 aromatic carbocycles. The number of nitrogens with one attached hydrogen (secondary N) is 2. The maximum absolute atomic E-state index is 13.8. The third kappa shape index (κ3) is 5.46. The summed E-state index contributed by atoms with van der Waals surface area (Å²) in [7, 11) is 0. The highest BCUT2D eigenvalue weighted by Crippen LogP contribution is 2.19. The molecule has 0 spiro atoms. The summed E-state index contributed by atoms with van der Waals surface area (Å²) in [5.74, 6) is -0.344. The Hall–Kier alpha value is -1.66. The molecule has 0 aliphatic rings. The zero-order chi connectivity index (χ0) is 17.5. The Morgan fingerprint density at radius 2 is 1.92 bits per heavy atom. The van der Waals surface area contributed by atoms with Gasteiger partial charge in [0.2, 0.25) is 0 Å². The van der Waals surface area contributed by atoms with Crippen LogP contribution in [0.2, 0.25) is 0 Å². The van der Waals surface area contributed by atoms with Crippen LogP contribution in [0.15, 0.2) is 46.9 Å². The fraction of sp³-hybridized carbons (Fsp3) is 0.278. The van der Waals surface area contributed by atoms with Crippen LogP contribution in [0.1, 0.15) is 12.5 Å². The monoisotopic (exact) mass is 409 g/mol. The Kier molecular flexibility index (Phi) is 6.99. The first-order valence-corrected chi connectivity index (χ1v) is 9.01. The molecule has 24 heavy (non-hydrogen) atoms. The Morgan fingerprint density at radius 3 is 2.54 bits per heavy atom. The van der Waals surface area contributed by atoms with Crippen LogP contribution in [0.5, 0.6) is 0 Å². The lowest BCUT2D eigenvalue weighted by Crippen LogP contribution is -2.37. The standard InChI is InChI=1S/C18H21BrFN3S/c1-3-23(15-7-4-13(2)5-8-15)11-10-21-18(24)22-17-9-6-14(19)12-16(17)20/h4-9,12H,3,10-11H2,1-2H3,(H2,21,22,24). The van der Waals surface area contributed by atoms with Gasteiger partial charge in [0.05, 0.1) is 5.69 Å². The van der Waals surface area contributed by atoms with Gasteiger partial charge in [0.25, 0.3) is 0 Å². The number of hydrogen-bond donors (Lipinski definition) is 2. The number of aryl methyl sites for hydroxylation is 1. The molecule has 3 nitrogen and oxygen atoms in total. The summed E-state index contributed by atoms with van der Waals surface area (Å²) >= 11 is 8.46. The molecular weight excluding hydrogens is 389 g/mol. The normalized spacial score (nSPS) is 10.3. The lowest BCUT2D eigenvalue weighted by Gasteiger charge is -2.24. The van der Waals surface area contributed by atoms with Crippen molar-refractivity contribution in [1.82, 2.24) is 5.32 Å². The van der Waals surface area contributed by atoms with E-state index in [0.717, 1.165) is 13.1 Å². The molecule has 2 rings (SSSR count). The summed E-state index contributed by atoms with van der Waals surface area (Å²) in [6.45, 7) is 6.59. The summed E-state index contributed by atoms with van der Waals surface area (Å²) in [5, 5.41) is 6.41. The quantitative estimate of drug-likeness (QED) is 0.675. The molecule has 0 atom stereocenters. The first kappa shape index (κ1) is 18.7. The van der Waals surface area contributed by atoms with E-state index in [1.54, 1.807) is 12.1 Å². The van der Waals surface area contributed by atoms with Gasteiger partial charge < -0.3 is 15.5 Å². The van der Waals surface area contributed by atoms with E-state index in [0.29, 0.717) is 21.8 Å².